The van der Waals surface area contributed by atoms with Gasteiger partial charge in [-0.15, -0.1) is 0 Å². The second-order valence-electron chi connectivity index (χ2n) is 3.01. The summed E-state index contributed by atoms with van der Waals surface area (Å²) in [5.74, 6) is -0.141. The highest BCUT2D eigenvalue weighted by Crippen LogP contribution is 2.06. The molecular formula is C9H17NO3. The Balaban J connectivity index is 2.03. The molecule has 1 N–H and O–H groups in total. The molecule has 13 heavy (non-hydrogen) atoms. The monoisotopic (exact) mass is 187 g/mol. The lowest BCUT2D eigenvalue weighted by atomic mass is 10.2. The van der Waals surface area contributed by atoms with Crippen LogP contribution in [-0.2, 0) is 14.3 Å². The van der Waals surface area contributed by atoms with Crippen molar-refractivity contribution in [3.8, 4) is 0 Å². The van der Waals surface area contributed by atoms with Gasteiger partial charge in [0.25, 0.3) is 0 Å². The average Bonchev–Trinajstić information content (AvgIpc) is 2.65. The maximum absolute atomic E-state index is 11.3. The largest absolute Gasteiger partial charge is 0.462 e. The van der Waals surface area contributed by atoms with Crippen LogP contribution in [0.15, 0.2) is 0 Å². The van der Waals surface area contributed by atoms with Crippen LogP contribution in [0, 0.1) is 0 Å². The van der Waals surface area contributed by atoms with E-state index in [2.05, 4.69) is 5.32 Å². The van der Waals surface area contributed by atoms with Crippen LogP contribution in [0.5, 0.6) is 0 Å². The lowest BCUT2D eigenvalue weighted by Gasteiger charge is -2.09. The highest BCUT2D eigenvalue weighted by Gasteiger charge is 2.22. The summed E-state index contributed by atoms with van der Waals surface area (Å²) in [6.45, 7) is 4.37. The van der Waals surface area contributed by atoms with Crippen LogP contribution >= 0.6 is 0 Å². The molecule has 0 aromatic rings. The van der Waals surface area contributed by atoms with E-state index in [4.69, 9.17) is 9.47 Å². The van der Waals surface area contributed by atoms with Crippen LogP contribution in [0.4, 0.5) is 0 Å². The molecule has 1 atom stereocenters. The highest BCUT2D eigenvalue weighted by atomic mass is 16.6. The number of hydrogen-bond donors (Lipinski definition) is 1. The van der Waals surface area contributed by atoms with Crippen molar-refractivity contribution in [2.24, 2.45) is 0 Å². The fourth-order valence-electron chi connectivity index (χ4n) is 1.33. The zero-order chi connectivity index (χ0) is 9.52. The summed E-state index contributed by atoms with van der Waals surface area (Å²) < 4.78 is 10.1. The molecule has 1 fully saturated rings. The molecule has 1 saturated heterocycles. The normalized spacial score (nSPS) is 21.8. The zero-order valence-electron chi connectivity index (χ0n) is 8.04. The topological polar surface area (TPSA) is 47.6 Å². The van der Waals surface area contributed by atoms with Crippen LogP contribution in [-0.4, -0.2) is 38.4 Å². The molecule has 1 aliphatic heterocycles. The summed E-state index contributed by atoms with van der Waals surface area (Å²) in [4.78, 5) is 11.3. The van der Waals surface area contributed by atoms with Gasteiger partial charge in [-0.05, 0) is 26.3 Å². The Hall–Kier alpha value is -0.610. The minimum atomic E-state index is -0.141. The minimum Gasteiger partial charge on any atom is -0.462 e. The maximum atomic E-state index is 11.3. The van der Waals surface area contributed by atoms with Gasteiger partial charge in [-0.25, -0.2) is 0 Å². The van der Waals surface area contributed by atoms with Gasteiger partial charge in [-0.1, -0.05) is 0 Å². The minimum absolute atomic E-state index is 0.0818. The predicted octanol–water partition coefficient (Wildman–Crippen LogP) is 0.318. The van der Waals surface area contributed by atoms with E-state index in [1.165, 1.54) is 0 Å². The molecule has 1 rings (SSSR count). The first-order chi connectivity index (χ1) is 6.34. The Kier molecular flexibility index (Phi) is 4.78. The van der Waals surface area contributed by atoms with Crippen molar-refractivity contribution < 1.29 is 14.3 Å². The van der Waals surface area contributed by atoms with E-state index in [0.717, 1.165) is 19.4 Å². The first kappa shape index (κ1) is 10.5. The zero-order valence-corrected chi connectivity index (χ0v) is 8.04. The van der Waals surface area contributed by atoms with E-state index in [-0.39, 0.29) is 12.0 Å². The van der Waals surface area contributed by atoms with Gasteiger partial charge in [0.05, 0.1) is 6.61 Å². The summed E-state index contributed by atoms with van der Waals surface area (Å²) in [5.41, 5.74) is 0. The third-order valence-corrected chi connectivity index (χ3v) is 2.02. The molecule has 0 aromatic carbocycles. The number of ether oxygens (including phenoxy) is 2. The van der Waals surface area contributed by atoms with Crippen molar-refractivity contribution in [1.82, 2.24) is 5.32 Å². The highest BCUT2D eigenvalue weighted by molar-refractivity contribution is 5.76. The summed E-state index contributed by atoms with van der Waals surface area (Å²) >= 11 is 0. The Morgan fingerprint density at radius 3 is 3.00 bits per heavy atom. The van der Waals surface area contributed by atoms with E-state index >= 15 is 0 Å². The van der Waals surface area contributed by atoms with E-state index in [9.17, 15) is 4.79 Å². The van der Waals surface area contributed by atoms with Gasteiger partial charge in [0.1, 0.15) is 12.6 Å². The number of rotatable bonds is 5. The molecular weight excluding hydrogens is 170 g/mol. The fourth-order valence-corrected chi connectivity index (χ4v) is 1.33. The van der Waals surface area contributed by atoms with Crippen LogP contribution in [0.1, 0.15) is 19.8 Å². The van der Waals surface area contributed by atoms with Gasteiger partial charge in [-0.2, -0.15) is 0 Å². The summed E-state index contributed by atoms with van der Waals surface area (Å²) in [7, 11) is 0. The fraction of sp³-hybridized carbons (Fsp3) is 0.889. The Bertz CT molecular complexity index is 155. The quantitative estimate of drug-likeness (QED) is 0.497. The van der Waals surface area contributed by atoms with Crippen molar-refractivity contribution >= 4 is 5.97 Å². The number of hydrogen-bond acceptors (Lipinski definition) is 4. The molecule has 0 bridgehead atoms. The van der Waals surface area contributed by atoms with Gasteiger partial charge in [0.15, 0.2) is 0 Å². The van der Waals surface area contributed by atoms with Crippen molar-refractivity contribution in [2.75, 3.05) is 26.4 Å². The predicted molar refractivity (Wildman–Crippen MR) is 48.5 cm³/mol. The molecule has 4 nitrogen and oxygen atoms in total. The number of esters is 1. The molecule has 0 aromatic heterocycles. The summed E-state index contributed by atoms with van der Waals surface area (Å²) in [6.07, 6.45) is 1.96. The molecule has 1 aliphatic rings. The first-order valence-corrected chi connectivity index (χ1v) is 4.82. The number of carbonyl (C=O) groups excluding carboxylic acids is 1. The molecule has 1 heterocycles. The Morgan fingerprint density at radius 2 is 2.38 bits per heavy atom. The van der Waals surface area contributed by atoms with Crippen molar-refractivity contribution in [2.45, 2.75) is 25.8 Å². The van der Waals surface area contributed by atoms with E-state index in [0.29, 0.717) is 19.8 Å². The van der Waals surface area contributed by atoms with Crippen LogP contribution < -0.4 is 5.32 Å². The molecule has 0 saturated carbocycles. The van der Waals surface area contributed by atoms with Crippen LogP contribution in [0.25, 0.3) is 0 Å². The van der Waals surface area contributed by atoms with Gasteiger partial charge in [0, 0.05) is 6.61 Å². The molecule has 1 unspecified atom stereocenters. The molecule has 76 valence electrons. The van der Waals surface area contributed by atoms with Crippen molar-refractivity contribution in [1.29, 1.82) is 0 Å². The molecule has 0 radical (unpaired) electrons. The molecule has 0 spiro atoms. The maximum Gasteiger partial charge on any atom is 0.323 e. The third-order valence-electron chi connectivity index (χ3n) is 2.02. The van der Waals surface area contributed by atoms with Gasteiger partial charge in [-0.3, -0.25) is 4.79 Å². The first-order valence-electron chi connectivity index (χ1n) is 4.82. The van der Waals surface area contributed by atoms with E-state index < -0.39 is 0 Å². The molecule has 4 heteroatoms. The molecule has 0 amide bonds. The van der Waals surface area contributed by atoms with Gasteiger partial charge >= 0.3 is 5.97 Å². The Labute approximate surface area is 78.6 Å². The number of carbonyl (C=O) groups is 1. The average molecular weight is 187 g/mol. The summed E-state index contributed by atoms with van der Waals surface area (Å²) in [5, 5.41) is 3.08. The Morgan fingerprint density at radius 1 is 1.54 bits per heavy atom. The smallest absolute Gasteiger partial charge is 0.323 e. The standard InChI is InChI=1S/C9H17NO3/c1-2-12-6-7-13-9(11)8-4-3-5-10-8/h8,10H,2-7H2,1H3. The number of nitrogens with one attached hydrogen (secondary N) is 1. The second kappa shape index (κ2) is 5.94. The van der Waals surface area contributed by atoms with Gasteiger partial charge < -0.3 is 14.8 Å². The van der Waals surface area contributed by atoms with Crippen molar-refractivity contribution in [3.63, 3.8) is 0 Å². The van der Waals surface area contributed by atoms with E-state index in [1.807, 2.05) is 6.92 Å². The SMILES string of the molecule is CCOCCOC(=O)C1CCCN1. The second-order valence-corrected chi connectivity index (χ2v) is 3.01. The third kappa shape index (κ3) is 3.74. The van der Waals surface area contributed by atoms with E-state index in [1.54, 1.807) is 0 Å². The molecule has 0 aliphatic carbocycles. The van der Waals surface area contributed by atoms with Crippen molar-refractivity contribution in [3.05, 3.63) is 0 Å². The van der Waals surface area contributed by atoms with Gasteiger partial charge in [0.2, 0.25) is 0 Å². The van der Waals surface area contributed by atoms with Crippen LogP contribution in [0.3, 0.4) is 0 Å². The lowest BCUT2D eigenvalue weighted by Crippen LogP contribution is -2.33. The summed E-state index contributed by atoms with van der Waals surface area (Å²) in [6, 6.07) is -0.0818. The lowest BCUT2D eigenvalue weighted by molar-refractivity contribution is -0.147. The van der Waals surface area contributed by atoms with Crippen LogP contribution in [0.2, 0.25) is 0 Å².